The Morgan fingerprint density at radius 1 is 1.08 bits per heavy atom. The summed E-state index contributed by atoms with van der Waals surface area (Å²) in [5, 5.41) is 6.95. The molecule has 4 nitrogen and oxygen atoms in total. The molecule has 2 heterocycles. The standard InChI is InChI=1S/C9H10N4/c1-6-3-8(11-5-10-6)9-4-7(2)12-13-9/h3-5H,1-2H3,(H,12,13). The first-order chi connectivity index (χ1) is 6.25. The molecule has 2 aromatic heterocycles. The maximum Gasteiger partial charge on any atom is 0.116 e. The van der Waals surface area contributed by atoms with Crippen LogP contribution in [0, 0.1) is 13.8 Å². The first-order valence-electron chi connectivity index (χ1n) is 4.07. The second-order valence-corrected chi connectivity index (χ2v) is 2.97. The number of aryl methyl sites for hydroxylation is 2. The summed E-state index contributed by atoms with van der Waals surface area (Å²) < 4.78 is 0. The molecule has 0 fully saturated rings. The molecule has 1 N–H and O–H groups in total. The van der Waals surface area contributed by atoms with Gasteiger partial charge < -0.3 is 0 Å². The van der Waals surface area contributed by atoms with Gasteiger partial charge in [-0.2, -0.15) is 5.10 Å². The third-order valence-electron chi connectivity index (χ3n) is 1.79. The van der Waals surface area contributed by atoms with Gasteiger partial charge in [0.2, 0.25) is 0 Å². The van der Waals surface area contributed by atoms with Crippen LogP contribution in [0.4, 0.5) is 0 Å². The highest BCUT2D eigenvalue weighted by atomic mass is 15.1. The summed E-state index contributed by atoms with van der Waals surface area (Å²) in [6, 6.07) is 3.88. The normalized spacial score (nSPS) is 10.3. The lowest BCUT2D eigenvalue weighted by molar-refractivity contribution is 1.04. The van der Waals surface area contributed by atoms with E-state index in [1.807, 2.05) is 26.0 Å². The van der Waals surface area contributed by atoms with Crippen molar-refractivity contribution < 1.29 is 0 Å². The maximum absolute atomic E-state index is 4.14. The molecule has 4 heteroatoms. The first-order valence-corrected chi connectivity index (χ1v) is 4.07. The van der Waals surface area contributed by atoms with Crippen molar-refractivity contribution in [3.8, 4) is 11.4 Å². The third-order valence-corrected chi connectivity index (χ3v) is 1.79. The lowest BCUT2D eigenvalue weighted by Crippen LogP contribution is -1.87. The number of hydrogen-bond acceptors (Lipinski definition) is 3. The van der Waals surface area contributed by atoms with E-state index in [0.717, 1.165) is 22.8 Å². The van der Waals surface area contributed by atoms with Crippen molar-refractivity contribution in [3.63, 3.8) is 0 Å². The molecule has 0 unspecified atom stereocenters. The Balaban J connectivity index is 2.46. The van der Waals surface area contributed by atoms with Crippen LogP contribution in [0.1, 0.15) is 11.4 Å². The highest BCUT2D eigenvalue weighted by Gasteiger charge is 2.01. The summed E-state index contributed by atoms with van der Waals surface area (Å²) in [6.45, 7) is 3.88. The molecule has 0 aliphatic rings. The number of rotatable bonds is 1. The molecule has 0 saturated heterocycles. The van der Waals surface area contributed by atoms with Crippen molar-refractivity contribution in [2.45, 2.75) is 13.8 Å². The monoisotopic (exact) mass is 174 g/mol. The third kappa shape index (κ3) is 1.56. The van der Waals surface area contributed by atoms with Crippen molar-refractivity contribution in [2.75, 3.05) is 0 Å². The zero-order chi connectivity index (χ0) is 9.26. The second-order valence-electron chi connectivity index (χ2n) is 2.97. The smallest absolute Gasteiger partial charge is 0.116 e. The Kier molecular flexibility index (Phi) is 1.81. The molecular formula is C9H10N4. The van der Waals surface area contributed by atoms with Crippen LogP contribution in [0.15, 0.2) is 18.5 Å². The molecule has 0 atom stereocenters. The van der Waals surface area contributed by atoms with Crippen molar-refractivity contribution in [1.82, 2.24) is 20.2 Å². The van der Waals surface area contributed by atoms with Gasteiger partial charge in [0, 0.05) is 5.69 Å². The first kappa shape index (κ1) is 7.91. The molecule has 0 amide bonds. The number of aromatic nitrogens is 4. The molecule has 66 valence electrons. The van der Waals surface area contributed by atoms with Gasteiger partial charge in [0.15, 0.2) is 0 Å². The van der Waals surface area contributed by atoms with Gasteiger partial charge in [-0.25, -0.2) is 9.97 Å². The summed E-state index contributed by atoms with van der Waals surface area (Å²) in [4.78, 5) is 8.17. The molecule has 2 rings (SSSR count). The lowest BCUT2D eigenvalue weighted by atomic mass is 10.2. The molecule has 0 aliphatic carbocycles. The zero-order valence-corrected chi connectivity index (χ0v) is 7.57. The van der Waals surface area contributed by atoms with Gasteiger partial charge in [-0.15, -0.1) is 0 Å². The maximum atomic E-state index is 4.14. The number of H-pyrrole nitrogens is 1. The molecule has 0 spiro atoms. The van der Waals surface area contributed by atoms with Gasteiger partial charge >= 0.3 is 0 Å². The SMILES string of the molecule is Cc1cc(-c2cc(C)n[nH]2)ncn1. The highest BCUT2D eigenvalue weighted by molar-refractivity contribution is 5.53. The van der Waals surface area contributed by atoms with E-state index >= 15 is 0 Å². The summed E-state index contributed by atoms with van der Waals surface area (Å²) >= 11 is 0. The minimum absolute atomic E-state index is 0.883. The predicted octanol–water partition coefficient (Wildman–Crippen LogP) is 1.48. The van der Waals surface area contributed by atoms with Crippen LogP contribution >= 0.6 is 0 Å². The van der Waals surface area contributed by atoms with Gasteiger partial charge in [0.25, 0.3) is 0 Å². The summed E-state index contributed by atoms with van der Waals surface area (Å²) in [7, 11) is 0. The zero-order valence-electron chi connectivity index (χ0n) is 7.57. The summed E-state index contributed by atoms with van der Waals surface area (Å²) in [6.07, 6.45) is 1.56. The fourth-order valence-electron chi connectivity index (χ4n) is 1.15. The van der Waals surface area contributed by atoms with E-state index in [9.17, 15) is 0 Å². The van der Waals surface area contributed by atoms with Crippen LogP contribution in [0.2, 0.25) is 0 Å². The highest BCUT2D eigenvalue weighted by Crippen LogP contribution is 2.14. The molecule has 0 aromatic carbocycles. The van der Waals surface area contributed by atoms with Crippen molar-refractivity contribution in [3.05, 3.63) is 29.8 Å². The van der Waals surface area contributed by atoms with Crippen LogP contribution in [-0.2, 0) is 0 Å². The molecule has 13 heavy (non-hydrogen) atoms. The van der Waals surface area contributed by atoms with Crippen LogP contribution < -0.4 is 0 Å². The van der Waals surface area contributed by atoms with E-state index < -0.39 is 0 Å². The number of aromatic amines is 1. The average Bonchev–Trinajstić information content (AvgIpc) is 2.52. The average molecular weight is 174 g/mol. The molecule has 0 radical (unpaired) electrons. The van der Waals surface area contributed by atoms with Crippen LogP contribution in [0.5, 0.6) is 0 Å². The van der Waals surface area contributed by atoms with E-state index in [1.165, 1.54) is 0 Å². The topological polar surface area (TPSA) is 54.5 Å². The Bertz CT molecular complexity index is 419. The van der Waals surface area contributed by atoms with E-state index in [0.29, 0.717) is 0 Å². The van der Waals surface area contributed by atoms with E-state index in [4.69, 9.17) is 0 Å². The summed E-state index contributed by atoms with van der Waals surface area (Å²) in [5.41, 5.74) is 3.74. The van der Waals surface area contributed by atoms with Crippen molar-refractivity contribution in [1.29, 1.82) is 0 Å². The Labute approximate surface area is 76.1 Å². The fourth-order valence-corrected chi connectivity index (χ4v) is 1.15. The number of hydrogen-bond donors (Lipinski definition) is 1. The lowest BCUT2D eigenvalue weighted by Gasteiger charge is -1.95. The van der Waals surface area contributed by atoms with Crippen molar-refractivity contribution in [2.24, 2.45) is 0 Å². The number of nitrogens with zero attached hydrogens (tertiary/aromatic N) is 3. The molecule has 2 aromatic rings. The quantitative estimate of drug-likeness (QED) is 0.712. The Morgan fingerprint density at radius 3 is 2.54 bits per heavy atom. The van der Waals surface area contributed by atoms with Gasteiger partial charge in [0.05, 0.1) is 17.1 Å². The van der Waals surface area contributed by atoms with Crippen molar-refractivity contribution >= 4 is 0 Å². The molecule has 0 bridgehead atoms. The number of nitrogens with one attached hydrogen (secondary N) is 1. The fraction of sp³-hybridized carbons (Fsp3) is 0.222. The second kappa shape index (κ2) is 2.97. The molecule has 0 aliphatic heterocycles. The van der Waals surface area contributed by atoms with Crippen LogP contribution in [0.3, 0.4) is 0 Å². The van der Waals surface area contributed by atoms with Gasteiger partial charge in [0.1, 0.15) is 6.33 Å². The minimum atomic E-state index is 0.883. The van der Waals surface area contributed by atoms with Crippen LogP contribution in [0.25, 0.3) is 11.4 Å². The van der Waals surface area contributed by atoms with E-state index in [1.54, 1.807) is 6.33 Å². The van der Waals surface area contributed by atoms with Gasteiger partial charge in [-0.05, 0) is 26.0 Å². The van der Waals surface area contributed by atoms with Gasteiger partial charge in [-0.1, -0.05) is 0 Å². The molecular weight excluding hydrogens is 164 g/mol. The largest absolute Gasteiger partial charge is 0.276 e. The Morgan fingerprint density at radius 2 is 1.92 bits per heavy atom. The molecule has 0 saturated carbocycles. The van der Waals surface area contributed by atoms with Crippen LogP contribution in [-0.4, -0.2) is 20.2 Å². The van der Waals surface area contributed by atoms with Gasteiger partial charge in [-0.3, -0.25) is 5.10 Å². The predicted molar refractivity (Wildman–Crippen MR) is 49.1 cm³/mol. The Hall–Kier alpha value is -1.71. The minimum Gasteiger partial charge on any atom is -0.276 e. The van der Waals surface area contributed by atoms with E-state index in [-0.39, 0.29) is 0 Å². The summed E-state index contributed by atoms with van der Waals surface area (Å²) in [5.74, 6) is 0. The van der Waals surface area contributed by atoms with E-state index in [2.05, 4.69) is 20.2 Å².